The molecule has 0 saturated carbocycles. The fourth-order valence-electron chi connectivity index (χ4n) is 2.34. The van der Waals surface area contributed by atoms with Crippen LogP contribution in [-0.2, 0) is 21.2 Å². The van der Waals surface area contributed by atoms with Crippen LogP contribution in [0.4, 0.5) is 5.69 Å². The van der Waals surface area contributed by atoms with E-state index >= 15 is 0 Å². The van der Waals surface area contributed by atoms with Crippen LogP contribution in [0.5, 0.6) is 0 Å². The van der Waals surface area contributed by atoms with E-state index in [2.05, 4.69) is 10.3 Å². The summed E-state index contributed by atoms with van der Waals surface area (Å²) in [7, 11) is -3.71. The second kappa shape index (κ2) is 8.27. The molecule has 0 fully saturated rings. The van der Waals surface area contributed by atoms with Crippen LogP contribution in [0, 0.1) is 6.92 Å². The predicted molar refractivity (Wildman–Crippen MR) is 101 cm³/mol. The first-order chi connectivity index (χ1) is 11.8. The van der Waals surface area contributed by atoms with E-state index in [9.17, 15) is 13.2 Å². The van der Waals surface area contributed by atoms with Gasteiger partial charge in [0.25, 0.3) is 0 Å². The summed E-state index contributed by atoms with van der Waals surface area (Å²) >= 11 is 7.56. The molecule has 2 rings (SSSR count). The number of carbonyl (C=O) groups is 1. The van der Waals surface area contributed by atoms with Gasteiger partial charge < -0.3 is 5.32 Å². The van der Waals surface area contributed by atoms with Crippen molar-refractivity contribution in [3.63, 3.8) is 0 Å². The van der Waals surface area contributed by atoms with Crippen LogP contribution in [0.15, 0.2) is 28.5 Å². The zero-order valence-electron chi connectivity index (χ0n) is 14.2. The standard InChI is InChI=1S/C16H20ClN3O3S2/c1-4-20(5-2)25(22,23)15-8-12(6-7-14(15)17)19-16(21)9-13-10-24-11(3)18-13/h6-8,10H,4-5,9H2,1-3H3,(H,19,21). The molecule has 0 radical (unpaired) electrons. The summed E-state index contributed by atoms with van der Waals surface area (Å²) in [5.41, 5.74) is 1.07. The SMILES string of the molecule is CCN(CC)S(=O)(=O)c1cc(NC(=O)Cc2csc(C)n2)ccc1Cl. The second-order valence-corrected chi connectivity index (χ2v) is 8.69. The maximum absolute atomic E-state index is 12.7. The van der Waals surface area contributed by atoms with Crippen LogP contribution >= 0.6 is 22.9 Å². The Labute approximate surface area is 156 Å². The Morgan fingerprint density at radius 2 is 2.00 bits per heavy atom. The summed E-state index contributed by atoms with van der Waals surface area (Å²) in [5.74, 6) is -0.265. The number of anilines is 1. The Hall–Kier alpha value is -1.48. The molecule has 0 bridgehead atoms. The number of amides is 1. The van der Waals surface area contributed by atoms with Gasteiger partial charge in [-0.05, 0) is 25.1 Å². The van der Waals surface area contributed by atoms with Crippen LogP contribution in [0.2, 0.25) is 5.02 Å². The lowest BCUT2D eigenvalue weighted by Gasteiger charge is -2.19. The van der Waals surface area contributed by atoms with Crippen LogP contribution in [-0.4, -0.2) is 36.7 Å². The molecule has 0 saturated heterocycles. The van der Waals surface area contributed by atoms with Crippen LogP contribution in [0.1, 0.15) is 24.5 Å². The number of aromatic nitrogens is 1. The third-order valence-electron chi connectivity index (χ3n) is 3.55. The summed E-state index contributed by atoms with van der Waals surface area (Å²) in [6.45, 7) is 6.08. The summed E-state index contributed by atoms with van der Waals surface area (Å²) in [5, 5.41) is 5.54. The van der Waals surface area contributed by atoms with Crippen LogP contribution in [0.25, 0.3) is 0 Å². The number of rotatable bonds is 7. The first-order valence-electron chi connectivity index (χ1n) is 7.78. The van der Waals surface area contributed by atoms with Gasteiger partial charge in [-0.15, -0.1) is 11.3 Å². The Balaban J connectivity index is 2.22. The van der Waals surface area contributed by atoms with Gasteiger partial charge in [0, 0.05) is 24.2 Å². The number of benzene rings is 1. The topological polar surface area (TPSA) is 79.4 Å². The molecule has 9 heteroatoms. The zero-order valence-corrected chi connectivity index (χ0v) is 16.6. The summed E-state index contributed by atoms with van der Waals surface area (Å²) in [6, 6.07) is 4.44. The van der Waals surface area contributed by atoms with Gasteiger partial charge in [-0.25, -0.2) is 13.4 Å². The van der Waals surface area contributed by atoms with Crippen molar-refractivity contribution >= 4 is 44.6 Å². The van der Waals surface area contributed by atoms with Gasteiger partial charge >= 0.3 is 0 Å². The molecule has 0 aliphatic carbocycles. The lowest BCUT2D eigenvalue weighted by Crippen LogP contribution is -2.31. The Morgan fingerprint density at radius 1 is 1.32 bits per heavy atom. The minimum absolute atomic E-state index is 0.0137. The molecule has 0 aliphatic rings. The summed E-state index contributed by atoms with van der Waals surface area (Å²) in [6.07, 6.45) is 0.130. The van der Waals surface area contributed by atoms with Crippen molar-refractivity contribution in [3.05, 3.63) is 39.3 Å². The fourth-order valence-corrected chi connectivity index (χ4v) is 4.91. The van der Waals surface area contributed by atoms with E-state index < -0.39 is 10.0 Å². The van der Waals surface area contributed by atoms with Crippen LogP contribution in [0.3, 0.4) is 0 Å². The number of hydrogen-bond donors (Lipinski definition) is 1. The molecule has 0 spiro atoms. The Morgan fingerprint density at radius 3 is 2.56 bits per heavy atom. The number of sulfonamides is 1. The average molecular weight is 402 g/mol. The van der Waals surface area contributed by atoms with Gasteiger partial charge in [0.1, 0.15) is 4.90 Å². The van der Waals surface area contributed by atoms with Gasteiger partial charge in [-0.3, -0.25) is 4.79 Å². The largest absolute Gasteiger partial charge is 0.326 e. The maximum Gasteiger partial charge on any atom is 0.244 e. The monoisotopic (exact) mass is 401 g/mol. The van der Waals surface area contributed by atoms with E-state index in [1.54, 1.807) is 19.9 Å². The quantitative estimate of drug-likeness (QED) is 0.771. The van der Waals surface area contributed by atoms with Crippen molar-refractivity contribution in [1.82, 2.24) is 9.29 Å². The summed E-state index contributed by atoms with van der Waals surface area (Å²) < 4.78 is 26.7. The van der Waals surface area contributed by atoms with E-state index in [-0.39, 0.29) is 22.2 Å². The molecular weight excluding hydrogens is 382 g/mol. The number of thiazole rings is 1. The maximum atomic E-state index is 12.7. The minimum Gasteiger partial charge on any atom is -0.326 e. The number of aryl methyl sites for hydroxylation is 1. The summed E-state index contributed by atoms with van der Waals surface area (Å²) in [4.78, 5) is 16.4. The highest BCUT2D eigenvalue weighted by Gasteiger charge is 2.25. The number of nitrogens with one attached hydrogen (secondary N) is 1. The Bertz CT molecular complexity index is 861. The molecule has 6 nitrogen and oxygen atoms in total. The zero-order chi connectivity index (χ0) is 18.6. The number of nitrogens with zero attached hydrogens (tertiary/aromatic N) is 2. The predicted octanol–water partition coefficient (Wildman–Crippen LogP) is 3.32. The molecule has 0 atom stereocenters. The van der Waals surface area contributed by atoms with Crippen molar-refractivity contribution < 1.29 is 13.2 Å². The van der Waals surface area contributed by atoms with Crippen molar-refractivity contribution in [2.75, 3.05) is 18.4 Å². The molecule has 136 valence electrons. The van der Waals surface area contributed by atoms with Crippen LogP contribution < -0.4 is 5.32 Å². The van der Waals surface area contributed by atoms with Gasteiger partial charge in [0.05, 0.1) is 22.1 Å². The second-order valence-electron chi connectivity index (χ2n) is 5.32. The van der Waals surface area contributed by atoms with Gasteiger partial charge in [0.2, 0.25) is 15.9 Å². The smallest absolute Gasteiger partial charge is 0.244 e. The molecule has 1 aromatic heterocycles. The van der Waals surface area contributed by atoms with E-state index in [0.29, 0.717) is 24.5 Å². The molecular formula is C16H20ClN3O3S2. The van der Waals surface area contributed by atoms with Crippen molar-refractivity contribution in [2.45, 2.75) is 32.1 Å². The molecule has 25 heavy (non-hydrogen) atoms. The molecule has 1 aromatic carbocycles. The first-order valence-corrected chi connectivity index (χ1v) is 10.5. The van der Waals surface area contributed by atoms with Crippen molar-refractivity contribution in [2.24, 2.45) is 0 Å². The fraction of sp³-hybridized carbons (Fsp3) is 0.375. The highest BCUT2D eigenvalue weighted by Crippen LogP contribution is 2.27. The van der Waals surface area contributed by atoms with E-state index in [1.807, 2.05) is 12.3 Å². The van der Waals surface area contributed by atoms with Crippen molar-refractivity contribution in [1.29, 1.82) is 0 Å². The molecule has 0 aliphatic heterocycles. The van der Waals surface area contributed by atoms with Gasteiger partial charge in [0.15, 0.2) is 0 Å². The Kier molecular flexibility index (Phi) is 6.56. The van der Waals surface area contributed by atoms with Crippen molar-refractivity contribution in [3.8, 4) is 0 Å². The van der Waals surface area contributed by atoms with E-state index in [0.717, 1.165) is 5.01 Å². The normalized spacial score (nSPS) is 11.7. The number of halogens is 1. The molecule has 1 heterocycles. The third-order valence-corrected chi connectivity index (χ3v) is 6.90. The van der Waals surface area contributed by atoms with Gasteiger partial charge in [-0.1, -0.05) is 25.4 Å². The third kappa shape index (κ3) is 4.78. The molecule has 1 amide bonds. The highest BCUT2D eigenvalue weighted by atomic mass is 35.5. The minimum atomic E-state index is -3.71. The molecule has 2 aromatic rings. The molecule has 1 N–H and O–H groups in total. The molecule has 0 unspecified atom stereocenters. The highest BCUT2D eigenvalue weighted by molar-refractivity contribution is 7.89. The first kappa shape index (κ1) is 19.8. The van der Waals surface area contributed by atoms with E-state index in [1.165, 1.54) is 27.8 Å². The van der Waals surface area contributed by atoms with E-state index in [4.69, 9.17) is 11.6 Å². The lowest BCUT2D eigenvalue weighted by molar-refractivity contribution is -0.115. The number of carbonyl (C=O) groups excluding carboxylic acids is 1. The average Bonchev–Trinajstić information content (AvgIpc) is 2.94. The number of hydrogen-bond acceptors (Lipinski definition) is 5. The lowest BCUT2D eigenvalue weighted by atomic mass is 10.3. The van der Waals surface area contributed by atoms with Gasteiger partial charge in [-0.2, -0.15) is 4.31 Å².